The molecule has 6 rings (SSSR count). The van der Waals surface area contributed by atoms with Crippen LogP contribution in [0.4, 0.5) is 10.2 Å². The van der Waals surface area contributed by atoms with E-state index in [9.17, 15) is 14.3 Å². The number of ketones is 1. The fraction of sp³-hybridized carbons (Fsp3) is 0.143. The van der Waals surface area contributed by atoms with Crippen molar-refractivity contribution in [2.24, 2.45) is 0 Å². The third kappa shape index (κ3) is 3.83. The van der Waals surface area contributed by atoms with Crippen LogP contribution in [0.2, 0.25) is 5.02 Å². The molecule has 190 valence electrons. The van der Waals surface area contributed by atoms with Crippen molar-refractivity contribution in [3.05, 3.63) is 94.8 Å². The average Bonchev–Trinajstić information content (AvgIpc) is 3.31. The molecule has 0 saturated heterocycles. The highest BCUT2D eigenvalue weighted by Gasteiger charge is 2.38. The first-order valence-electron chi connectivity index (χ1n) is 11.9. The number of halogens is 2. The third-order valence-electron chi connectivity index (χ3n) is 6.71. The summed E-state index contributed by atoms with van der Waals surface area (Å²) in [6.07, 6.45) is 6.86. The first-order valence-corrected chi connectivity index (χ1v) is 12.3. The number of anilines is 1. The molecule has 2 atom stereocenters. The lowest BCUT2D eigenvalue weighted by molar-refractivity contribution is -0.112. The maximum atomic E-state index is 14.3. The van der Waals surface area contributed by atoms with E-state index in [1.807, 2.05) is 19.1 Å². The van der Waals surface area contributed by atoms with Crippen LogP contribution in [0.5, 0.6) is 5.75 Å². The Hall–Kier alpha value is -4.50. The number of allylic oxidation sites excluding steroid dienone is 4. The van der Waals surface area contributed by atoms with Crippen molar-refractivity contribution in [1.82, 2.24) is 19.7 Å². The van der Waals surface area contributed by atoms with Crippen LogP contribution in [0.3, 0.4) is 0 Å². The lowest BCUT2D eigenvalue weighted by atomic mass is 9.86. The van der Waals surface area contributed by atoms with Crippen molar-refractivity contribution in [2.45, 2.75) is 25.5 Å². The van der Waals surface area contributed by atoms with E-state index in [0.717, 1.165) is 0 Å². The maximum absolute atomic E-state index is 14.3. The summed E-state index contributed by atoms with van der Waals surface area (Å²) in [5, 5.41) is 15.7. The van der Waals surface area contributed by atoms with Crippen LogP contribution < -0.4 is 5.73 Å². The Bertz CT molecular complexity index is 1720. The van der Waals surface area contributed by atoms with E-state index in [-0.39, 0.29) is 27.9 Å². The van der Waals surface area contributed by atoms with Crippen LogP contribution in [0, 0.1) is 5.82 Å². The average molecular weight is 530 g/mol. The summed E-state index contributed by atoms with van der Waals surface area (Å²) in [5.41, 5.74) is 8.80. The second-order valence-corrected chi connectivity index (χ2v) is 9.47. The predicted molar refractivity (Wildman–Crippen MR) is 142 cm³/mol. The standard InChI is InChI=1S/C28H21ClFN5O3/c1-14(26-22(15-5-4-6-17(30)11-15)25(37)18-7-2-3-8-21(18)38-26)35-28-23(27(31)32-13-33-28)24(34-35)16-9-10-19(29)20(36)12-16/h2-7,9-14,21,36H,8H2,1H3,(H2,31,32,33)/t14?,21-/m0/s1. The van der Waals surface area contributed by atoms with Gasteiger partial charge in [-0.2, -0.15) is 5.10 Å². The van der Waals surface area contributed by atoms with E-state index >= 15 is 0 Å². The lowest BCUT2D eigenvalue weighted by Gasteiger charge is -2.33. The molecule has 8 nitrogen and oxygen atoms in total. The maximum Gasteiger partial charge on any atom is 0.196 e. The van der Waals surface area contributed by atoms with Gasteiger partial charge in [-0.15, -0.1) is 0 Å². The predicted octanol–water partition coefficient (Wildman–Crippen LogP) is 5.40. The van der Waals surface area contributed by atoms with Crippen LogP contribution in [0.1, 0.15) is 24.9 Å². The Morgan fingerprint density at radius 3 is 2.84 bits per heavy atom. The Morgan fingerprint density at radius 1 is 1.21 bits per heavy atom. The topological polar surface area (TPSA) is 116 Å². The zero-order valence-corrected chi connectivity index (χ0v) is 20.9. The summed E-state index contributed by atoms with van der Waals surface area (Å²) in [4.78, 5) is 22.3. The molecule has 0 saturated carbocycles. The third-order valence-corrected chi connectivity index (χ3v) is 7.03. The number of carbonyl (C=O) groups excluding carboxylic acids is 1. The number of aromatic nitrogens is 4. The van der Waals surface area contributed by atoms with Crippen molar-refractivity contribution < 1.29 is 19.0 Å². The van der Waals surface area contributed by atoms with Crippen LogP contribution in [0.15, 0.2) is 78.4 Å². The molecule has 0 bridgehead atoms. The smallest absolute Gasteiger partial charge is 0.196 e. The Kier molecular flexibility index (Phi) is 5.72. The van der Waals surface area contributed by atoms with Crippen molar-refractivity contribution in [1.29, 1.82) is 0 Å². The molecule has 1 aliphatic carbocycles. The summed E-state index contributed by atoms with van der Waals surface area (Å²) >= 11 is 6.01. The summed E-state index contributed by atoms with van der Waals surface area (Å²) < 4.78 is 22.3. The molecule has 1 aliphatic heterocycles. The van der Waals surface area contributed by atoms with Gasteiger partial charge in [0.2, 0.25) is 0 Å². The van der Waals surface area contributed by atoms with Gasteiger partial charge in [-0.1, -0.05) is 48.0 Å². The molecule has 2 aromatic heterocycles. The van der Waals surface area contributed by atoms with E-state index in [1.54, 1.807) is 35.0 Å². The van der Waals surface area contributed by atoms with Crippen LogP contribution in [0.25, 0.3) is 27.9 Å². The van der Waals surface area contributed by atoms with Gasteiger partial charge in [0.15, 0.2) is 11.4 Å². The molecule has 3 N–H and O–H groups in total. The number of Topliss-reactive ketones (excluding diaryl/α,β-unsaturated/α-hetero) is 1. The summed E-state index contributed by atoms with van der Waals surface area (Å²) in [6, 6.07) is 9.96. The number of benzene rings is 2. The zero-order valence-electron chi connectivity index (χ0n) is 20.1. The van der Waals surface area contributed by atoms with Gasteiger partial charge in [-0.25, -0.2) is 19.0 Å². The molecule has 2 aliphatic rings. The number of nitrogen functional groups attached to an aromatic ring is 1. The van der Waals surface area contributed by atoms with Gasteiger partial charge in [-0.3, -0.25) is 4.79 Å². The number of ether oxygens (including phenoxy) is 1. The van der Waals surface area contributed by atoms with Gasteiger partial charge in [-0.05, 0) is 36.8 Å². The highest BCUT2D eigenvalue weighted by molar-refractivity contribution is 6.32. The van der Waals surface area contributed by atoms with Gasteiger partial charge in [0.25, 0.3) is 0 Å². The van der Waals surface area contributed by atoms with Crippen molar-refractivity contribution in [3.8, 4) is 17.0 Å². The zero-order chi connectivity index (χ0) is 26.6. The second-order valence-electron chi connectivity index (χ2n) is 9.06. The molecule has 0 radical (unpaired) electrons. The molecule has 3 heterocycles. The molecule has 38 heavy (non-hydrogen) atoms. The molecule has 0 fully saturated rings. The summed E-state index contributed by atoms with van der Waals surface area (Å²) in [5.74, 6) is -0.279. The van der Waals surface area contributed by atoms with Crippen LogP contribution in [-0.2, 0) is 9.53 Å². The highest BCUT2D eigenvalue weighted by Crippen LogP contribution is 2.42. The van der Waals surface area contributed by atoms with Gasteiger partial charge < -0.3 is 15.6 Å². The minimum Gasteiger partial charge on any atom is -0.506 e. The number of phenolic OH excluding ortho intramolecular Hbond substituents is 1. The number of nitrogens with zero attached hydrogens (tertiary/aromatic N) is 4. The molecule has 0 amide bonds. The number of hydrogen-bond acceptors (Lipinski definition) is 7. The first-order chi connectivity index (χ1) is 18.3. The number of nitrogens with two attached hydrogens (primary N) is 1. The Morgan fingerprint density at radius 2 is 2.05 bits per heavy atom. The monoisotopic (exact) mass is 529 g/mol. The largest absolute Gasteiger partial charge is 0.506 e. The van der Waals surface area contributed by atoms with E-state index < -0.39 is 18.0 Å². The highest BCUT2D eigenvalue weighted by atomic mass is 35.5. The van der Waals surface area contributed by atoms with Gasteiger partial charge in [0.05, 0.1) is 16.0 Å². The Balaban J connectivity index is 1.58. The molecule has 1 unspecified atom stereocenters. The minimum atomic E-state index is -0.642. The number of hydrogen-bond donors (Lipinski definition) is 2. The van der Waals surface area contributed by atoms with Crippen LogP contribution in [-0.4, -0.2) is 36.7 Å². The molecule has 4 aromatic rings. The van der Waals surface area contributed by atoms with Crippen molar-refractivity contribution in [3.63, 3.8) is 0 Å². The van der Waals surface area contributed by atoms with Crippen LogP contribution >= 0.6 is 11.6 Å². The first kappa shape index (κ1) is 23.9. The van der Waals surface area contributed by atoms with E-state index in [2.05, 4.69) is 9.97 Å². The van der Waals surface area contributed by atoms with E-state index in [1.165, 1.54) is 24.5 Å². The number of fused-ring (bicyclic) bond motifs is 2. The van der Waals surface area contributed by atoms with Gasteiger partial charge >= 0.3 is 0 Å². The SMILES string of the molecule is CC(C1=C(c2cccc(F)c2)C(=O)C2=CC=CC[C@@H]2O1)n1nc(-c2ccc(Cl)c(O)c2)c2c(N)ncnc21. The minimum absolute atomic E-state index is 0.114. The lowest BCUT2D eigenvalue weighted by Crippen LogP contribution is -2.32. The molecular formula is C28H21ClFN5O3. The summed E-state index contributed by atoms with van der Waals surface area (Å²) in [7, 11) is 0. The number of carbonyl (C=O) groups is 1. The molecule has 2 aromatic carbocycles. The number of aromatic hydroxyl groups is 1. The molecule has 0 spiro atoms. The van der Waals surface area contributed by atoms with Crippen molar-refractivity contribution in [2.75, 3.05) is 5.73 Å². The quantitative estimate of drug-likeness (QED) is 0.363. The Labute approximate surface area is 221 Å². The summed E-state index contributed by atoms with van der Waals surface area (Å²) in [6.45, 7) is 1.82. The number of phenols is 1. The van der Waals surface area contributed by atoms with Gasteiger partial charge in [0, 0.05) is 17.6 Å². The van der Waals surface area contributed by atoms with Crippen molar-refractivity contribution >= 4 is 39.8 Å². The second kappa shape index (κ2) is 9.11. The van der Waals surface area contributed by atoms with E-state index in [4.69, 9.17) is 27.2 Å². The normalized spacial score (nSPS) is 17.8. The fourth-order valence-corrected chi connectivity index (χ4v) is 4.99. The molecule has 10 heteroatoms. The van der Waals surface area contributed by atoms with Gasteiger partial charge in [0.1, 0.15) is 47.3 Å². The number of rotatable bonds is 4. The van der Waals surface area contributed by atoms with E-state index in [0.29, 0.717) is 45.6 Å². The fourth-order valence-electron chi connectivity index (χ4n) is 4.87. The molecular weight excluding hydrogens is 509 g/mol.